The van der Waals surface area contributed by atoms with Gasteiger partial charge in [-0.3, -0.25) is 9.79 Å². The average molecular weight is 255 g/mol. The zero-order valence-corrected chi connectivity index (χ0v) is 9.96. The lowest BCUT2D eigenvalue weighted by Gasteiger charge is -2.09. The van der Waals surface area contributed by atoms with Gasteiger partial charge >= 0.3 is 7.82 Å². The van der Waals surface area contributed by atoms with Crippen LogP contribution >= 0.6 is 7.82 Å². The van der Waals surface area contributed by atoms with Gasteiger partial charge in [0.15, 0.2) is 0 Å². The van der Waals surface area contributed by atoms with Gasteiger partial charge in [-0.15, -0.1) is 0 Å². The molecule has 90 valence electrons. The van der Waals surface area contributed by atoms with Crippen molar-refractivity contribution >= 4 is 7.82 Å². The van der Waals surface area contributed by atoms with Gasteiger partial charge < -0.3 is 4.52 Å². The molecule has 0 fully saturated rings. The Kier molecular flexibility index (Phi) is 3.02. The summed E-state index contributed by atoms with van der Waals surface area (Å²) in [5, 5.41) is 0. The Labute approximate surface area is 97.7 Å². The van der Waals surface area contributed by atoms with Gasteiger partial charge in [0.05, 0.1) is 7.05 Å². The van der Waals surface area contributed by atoms with Gasteiger partial charge in [-0.05, 0) is 12.1 Å². The maximum Gasteiger partial charge on any atom is 0.524 e. The molecule has 0 aliphatic rings. The summed E-state index contributed by atoms with van der Waals surface area (Å²) < 4.78 is 17.3. The number of benzene rings is 1. The molecule has 17 heavy (non-hydrogen) atoms. The molecule has 1 aromatic heterocycles. The second kappa shape index (κ2) is 4.33. The average Bonchev–Trinajstić information content (AvgIpc) is 2.63. The third-order valence-corrected chi connectivity index (χ3v) is 2.66. The van der Waals surface area contributed by atoms with E-state index in [-0.39, 0.29) is 5.75 Å². The number of rotatable bonds is 3. The van der Waals surface area contributed by atoms with Crippen LogP contribution in [-0.4, -0.2) is 14.8 Å². The highest BCUT2D eigenvalue weighted by Crippen LogP contribution is 2.41. The third kappa shape index (κ3) is 2.74. The molecule has 2 aromatic rings. The van der Waals surface area contributed by atoms with Gasteiger partial charge in [-0.2, -0.15) is 0 Å². The van der Waals surface area contributed by atoms with E-state index in [1.54, 1.807) is 35.2 Å². The van der Waals surface area contributed by atoms with Crippen LogP contribution in [0.2, 0.25) is 0 Å². The van der Waals surface area contributed by atoms with Crippen LogP contribution in [-0.2, 0) is 11.6 Å². The number of phosphoric acid groups is 1. The largest absolute Gasteiger partial charge is 0.524 e. The molecule has 7 heteroatoms. The minimum absolute atomic E-state index is 0.138. The maximum absolute atomic E-state index is 10.9. The summed E-state index contributed by atoms with van der Waals surface area (Å²) in [6.45, 7) is 0. The molecule has 0 aliphatic heterocycles. The Bertz CT molecular complexity index is 575. The van der Waals surface area contributed by atoms with Gasteiger partial charge in [-0.1, -0.05) is 12.1 Å². The number of nitrogens with zero attached hydrogens (tertiary/aromatic N) is 1. The molecule has 6 nitrogen and oxygen atoms in total. The summed E-state index contributed by atoms with van der Waals surface area (Å²) in [4.78, 5) is 20.6. The molecule has 1 heterocycles. The maximum atomic E-state index is 10.9. The molecule has 0 atom stereocenters. The van der Waals surface area contributed by atoms with Gasteiger partial charge in [0.25, 0.3) is 5.82 Å². The Morgan fingerprint density at radius 2 is 2.06 bits per heavy atom. The number of para-hydroxylation sites is 1. The van der Waals surface area contributed by atoms with Crippen molar-refractivity contribution < 1.29 is 23.4 Å². The molecule has 0 unspecified atom stereocenters. The number of aryl methyl sites for hydroxylation is 1. The molecule has 0 amide bonds. The molecule has 2 rings (SSSR count). The normalized spacial score (nSPS) is 11.5. The van der Waals surface area contributed by atoms with Crippen LogP contribution in [0.1, 0.15) is 0 Å². The standard InChI is InChI=1S/C10H11N2O4P/c1-12-7-6-11-10(12)8-4-2-3-5-9(8)16-17(13,14)15/h2-7H,1H3,(H2,13,14,15)/p+1. The van der Waals surface area contributed by atoms with Crippen molar-refractivity contribution in [3.05, 3.63) is 36.7 Å². The second-order valence-corrected chi connectivity index (χ2v) is 4.66. The number of nitrogens with one attached hydrogen (secondary N) is 1. The molecule has 3 N–H and O–H groups in total. The Morgan fingerprint density at radius 3 is 2.65 bits per heavy atom. The monoisotopic (exact) mass is 255 g/mol. The van der Waals surface area contributed by atoms with Gasteiger partial charge in [0.1, 0.15) is 23.7 Å². The summed E-state index contributed by atoms with van der Waals surface area (Å²) in [6, 6.07) is 6.65. The molecule has 0 spiro atoms. The third-order valence-electron chi connectivity index (χ3n) is 2.23. The summed E-state index contributed by atoms with van der Waals surface area (Å²) in [7, 11) is -2.74. The highest BCUT2D eigenvalue weighted by molar-refractivity contribution is 7.46. The molecular weight excluding hydrogens is 243 g/mol. The fourth-order valence-electron chi connectivity index (χ4n) is 1.54. The minimum Gasteiger partial charge on any atom is -0.403 e. The lowest BCUT2D eigenvalue weighted by atomic mass is 10.2. The van der Waals surface area contributed by atoms with E-state index in [1.807, 2.05) is 7.05 Å². The first-order valence-electron chi connectivity index (χ1n) is 4.85. The summed E-state index contributed by atoms with van der Waals surface area (Å²) in [6.07, 6.45) is 3.52. The van der Waals surface area contributed by atoms with E-state index in [0.717, 1.165) is 0 Å². The van der Waals surface area contributed by atoms with E-state index in [9.17, 15) is 4.57 Å². The fourth-order valence-corrected chi connectivity index (χ4v) is 1.96. The number of imidazole rings is 1. The number of hydrogen-bond donors (Lipinski definition) is 3. The molecule has 0 bridgehead atoms. The van der Waals surface area contributed by atoms with E-state index in [0.29, 0.717) is 11.4 Å². The SMILES string of the molecule is C[n+]1cc[nH]c1-c1ccccc1OP(=O)(O)O. The molecule has 0 saturated heterocycles. The van der Waals surface area contributed by atoms with E-state index in [4.69, 9.17) is 9.79 Å². The van der Waals surface area contributed by atoms with Crippen LogP contribution in [0.25, 0.3) is 11.4 Å². The first-order chi connectivity index (χ1) is 7.97. The van der Waals surface area contributed by atoms with Gasteiger partial charge in [0, 0.05) is 0 Å². The Morgan fingerprint density at radius 1 is 1.35 bits per heavy atom. The van der Waals surface area contributed by atoms with E-state index < -0.39 is 7.82 Å². The van der Waals surface area contributed by atoms with Crippen LogP contribution < -0.4 is 9.09 Å². The summed E-state index contributed by atoms with van der Waals surface area (Å²) >= 11 is 0. The summed E-state index contributed by atoms with van der Waals surface area (Å²) in [5.74, 6) is 0.841. The van der Waals surface area contributed by atoms with Gasteiger partial charge in [0.2, 0.25) is 0 Å². The van der Waals surface area contributed by atoms with Crippen LogP contribution in [0.5, 0.6) is 5.75 Å². The first kappa shape index (κ1) is 11.9. The highest BCUT2D eigenvalue weighted by Gasteiger charge is 2.22. The number of phosphoric ester groups is 1. The van der Waals surface area contributed by atoms with E-state index >= 15 is 0 Å². The van der Waals surface area contributed by atoms with Gasteiger partial charge in [-0.25, -0.2) is 14.1 Å². The van der Waals surface area contributed by atoms with Crippen molar-refractivity contribution in [3.8, 4) is 17.1 Å². The van der Waals surface area contributed by atoms with Crippen molar-refractivity contribution in [1.29, 1.82) is 0 Å². The molecule has 0 radical (unpaired) electrons. The van der Waals surface area contributed by atoms with Crippen molar-refractivity contribution in [2.75, 3.05) is 0 Å². The number of aromatic nitrogens is 2. The van der Waals surface area contributed by atoms with Crippen LogP contribution in [0, 0.1) is 0 Å². The number of aromatic amines is 1. The predicted octanol–water partition coefficient (Wildman–Crippen LogP) is 0.978. The van der Waals surface area contributed by atoms with Crippen molar-refractivity contribution in [3.63, 3.8) is 0 Å². The number of hydrogen-bond acceptors (Lipinski definition) is 2. The van der Waals surface area contributed by atoms with E-state index in [1.165, 1.54) is 6.07 Å². The fraction of sp³-hybridized carbons (Fsp3) is 0.100. The lowest BCUT2D eigenvalue weighted by molar-refractivity contribution is -0.658. The molecule has 1 aromatic carbocycles. The zero-order valence-electron chi connectivity index (χ0n) is 9.07. The molecule has 0 aliphatic carbocycles. The highest BCUT2D eigenvalue weighted by atomic mass is 31.2. The smallest absolute Gasteiger partial charge is 0.403 e. The zero-order chi connectivity index (χ0) is 12.5. The minimum atomic E-state index is -4.55. The molecular formula is C10H12N2O4P+. The van der Waals surface area contributed by atoms with Crippen molar-refractivity contribution in [2.24, 2.45) is 7.05 Å². The lowest BCUT2D eigenvalue weighted by Crippen LogP contribution is -2.27. The van der Waals surface area contributed by atoms with Crippen LogP contribution in [0.4, 0.5) is 0 Å². The number of H-pyrrole nitrogens is 1. The first-order valence-corrected chi connectivity index (χ1v) is 6.38. The van der Waals surface area contributed by atoms with Crippen molar-refractivity contribution in [1.82, 2.24) is 4.98 Å². The summed E-state index contributed by atoms with van der Waals surface area (Å²) in [5.41, 5.74) is 0.586. The quantitative estimate of drug-likeness (QED) is 0.563. The molecule has 0 saturated carbocycles. The Hall–Kier alpha value is -1.62. The topological polar surface area (TPSA) is 86.4 Å². The Balaban J connectivity index is 2.48. The van der Waals surface area contributed by atoms with E-state index in [2.05, 4.69) is 9.51 Å². The van der Waals surface area contributed by atoms with Crippen LogP contribution in [0.3, 0.4) is 0 Å². The second-order valence-electron chi connectivity index (χ2n) is 3.50. The predicted molar refractivity (Wildman–Crippen MR) is 60.1 cm³/mol. The van der Waals surface area contributed by atoms with Crippen LogP contribution in [0.15, 0.2) is 36.7 Å². The van der Waals surface area contributed by atoms with Crippen molar-refractivity contribution in [2.45, 2.75) is 0 Å².